The van der Waals surface area contributed by atoms with E-state index < -0.39 is 5.54 Å². The lowest BCUT2D eigenvalue weighted by molar-refractivity contribution is 0.0930. The van der Waals surface area contributed by atoms with E-state index in [1.807, 2.05) is 43.3 Å². The van der Waals surface area contributed by atoms with E-state index in [-0.39, 0.29) is 11.7 Å². The molecule has 1 atom stereocenters. The van der Waals surface area contributed by atoms with Crippen molar-refractivity contribution in [2.75, 3.05) is 13.2 Å². The van der Waals surface area contributed by atoms with Gasteiger partial charge in [-0.25, -0.2) is 4.39 Å². The lowest BCUT2D eigenvalue weighted by Crippen LogP contribution is -2.46. The Hall–Kier alpha value is -2.92. The molecule has 5 heteroatoms. The fourth-order valence-electron chi connectivity index (χ4n) is 4.17. The molecule has 154 valence electrons. The quantitative estimate of drug-likeness (QED) is 0.638. The Morgan fingerprint density at radius 3 is 2.77 bits per heavy atom. The van der Waals surface area contributed by atoms with Crippen molar-refractivity contribution in [1.82, 2.24) is 10.6 Å². The Labute approximate surface area is 175 Å². The molecule has 5 rings (SSSR count). The summed E-state index contributed by atoms with van der Waals surface area (Å²) in [5.41, 5.74) is 2.20. The van der Waals surface area contributed by atoms with E-state index in [1.54, 1.807) is 12.1 Å². The summed E-state index contributed by atoms with van der Waals surface area (Å²) >= 11 is 0. The molecule has 0 aromatic heterocycles. The maximum absolute atomic E-state index is 13.6. The third kappa shape index (κ3) is 3.54. The SMILES string of the molecule is Cc1ccc(OC[C@@H]2CCN2)cc1C(=O)NC1(c2cccc3cc(F)ccc23)CC1. The van der Waals surface area contributed by atoms with Crippen LogP contribution in [-0.2, 0) is 5.54 Å². The van der Waals surface area contributed by atoms with Crippen molar-refractivity contribution in [3.05, 3.63) is 77.1 Å². The van der Waals surface area contributed by atoms with E-state index in [0.29, 0.717) is 24.0 Å². The summed E-state index contributed by atoms with van der Waals surface area (Å²) < 4.78 is 19.5. The Morgan fingerprint density at radius 2 is 2.03 bits per heavy atom. The second-order valence-electron chi connectivity index (χ2n) is 8.43. The molecule has 2 aliphatic rings. The minimum absolute atomic E-state index is 0.101. The number of halogens is 1. The zero-order valence-electron chi connectivity index (χ0n) is 17.0. The molecule has 1 aliphatic heterocycles. The second kappa shape index (κ2) is 7.40. The van der Waals surface area contributed by atoms with Gasteiger partial charge in [-0.05, 0) is 78.9 Å². The smallest absolute Gasteiger partial charge is 0.252 e. The fourth-order valence-corrected chi connectivity index (χ4v) is 4.17. The number of aryl methyl sites for hydroxylation is 1. The summed E-state index contributed by atoms with van der Waals surface area (Å²) in [5, 5.41) is 8.41. The van der Waals surface area contributed by atoms with E-state index in [0.717, 1.165) is 47.7 Å². The molecule has 2 fully saturated rings. The molecule has 1 aliphatic carbocycles. The summed E-state index contributed by atoms with van der Waals surface area (Å²) in [6.45, 7) is 3.59. The minimum atomic E-state index is -0.395. The number of hydrogen-bond acceptors (Lipinski definition) is 3. The fraction of sp³-hybridized carbons (Fsp3) is 0.320. The van der Waals surface area contributed by atoms with Crippen molar-refractivity contribution in [2.24, 2.45) is 0 Å². The molecule has 0 spiro atoms. The molecular weight excluding hydrogens is 379 g/mol. The van der Waals surface area contributed by atoms with Crippen LogP contribution in [0, 0.1) is 12.7 Å². The number of amides is 1. The minimum Gasteiger partial charge on any atom is -0.492 e. The van der Waals surface area contributed by atoms with Crippen molar-refractivity contribution in [1.29, 1.82) is 0 Å². The first-order chi connectivity index (χ1) is 14.5. The van der Waals surface area contributed by atoms with Crippen LogP contribution in [0.15, 0.2) is 54.6 Å². The largest absolute Gasteiger partial charge is 0.492 e. The summed E-state index contributed by atoms with van der Waals surface area (Å²) in [6.07, 6.45) is 2.87. The van der Waals surface area contributed by atoms with Gasteiger partial charge >= 0.3 is 0 Å². The van der Waals surface area contributed by atoms with Gasteiger partial charge in [-0.2, -0.15) is 0 Å². The number of ether oxygens (including phenoxy) is 1. The van der Waals surface area contributed by atoms with Gasteiger partial charge in [0.25, 0.3) is 5.91 Å². The molecular formula is C25H25FN2O2. The number of benzene rings is 3. The van der Waals surface area contributed by atoms with Gasteiger partial charge in [0.15, 0.2) is 0 Å². The molecule has 0 bridgehead atoms. The third-order valence-corrected chi connectivity index (χ3v) is 6.29. The van der Waals surface area contributed by atoms with Crippen LogP contribution in [0.4, 0.5) is 4.39 Å². The van der Waals surface area contributed by atoms with Crippen LogP contribution < -0.4 is 15.4 Å². The van der Waals surface area contributed by atoms with E-state index in [1.165, 1.54) is 6.07 Å². The number of carbonyl (C=O) groups excluding carboxylic acids is 1. The highest BCUT2D eigenvalue weighted by molar-refractivity contribution is 5.97. The number of fused-ring (bicyclic) bond motifs is 1. The molecule has 2 N–H and O–H groups in total. The Balaban J connectivity index is 1.39. The van der Waals surface area contributed by atoms with Gasteiger partial charge < -0.3 is 15.4 Å². The number of rotatable bonds is 6. The highest BCUT2D eigenvalue weighted by atomic mass is 19.1. The zero-order valence-corrected chi connectivity index (χ0v) is 17.0. The number of nitrogens with one attached hydrogen (secondary N) is 2. The van der Waals surface area contributed by atoms with Gasteiger partial charge in [0.05, 0.1) is 5.54 Å². The van der Waals surface area contributed by atoms with Crippen LogP contribution in [0.5, 0.6) is 5.75 Å². The van der Waals surface area contributed by atoms with Crippen molar-refractivity contribution in [3.8, 4) is 5.75 Å². The maximum atomic E-state index is 13.6. The van der Waals surface area contributed by atoms with Crippen LogP contribution in [0.2, 0.25) is 0 Å². The molecule has 1 saturated heterocycles. The summed E-state index contributed by atoms with van der Waals surface area (Å²) in [6, 6.07) is 16.8. The van der Waals surface area contributed by atoms with Crippen molar-refractivity contribution in [3.63, 3.8) is 0 Å². The highest BCUT2D eigenvalue weighted by Gasteiger charge is 2.46. The first kappa shape index (κ1) is 19.1. The maximum Gasteiger partial charge on any atom is 0.252 e. The van der Waals surface area contributed by atoms with Gasteiger partial charge in [-0.1, -0.05) is 30.3 Å². The van der Waals surface area contributed by atoms with E-state index >= 15 is 0 Å². The van der Waals surface area contributed by atoms with Crippen LogP contribution in [0.3, 0.4) is 0 Å². The van der Waals surface area contributed by atoms with Gasteiger partial charge in [-0.3, -0.25) is 4.79 Å². The Bertz CT molecular complexity index is 1120. The lowest BCUT2D eigenvalue weighted by atomic mass is 9.96. The van der Waals surface area contributed by atoms with Crippen LogP contribution in [0.25, 0.3) is 10.8 Å². The topological polar surface area (TPSA) is 50.4 Å². The highest BCUT2D eigenvalue weighted by Crippen LogP contribution is 2.48. The molecule has 30 heavy (non-hydrogen) atoms. The average molecular weight is 404 g/mol. The summed E-state index contributed by atoms with van der Waals surface area (Å²) in [4.78, 5) is 13.2. The summed E-state index contributed by atoms with van der Waals surface area (Å²) in [5.74, 6) is 0.360. The van der Waals surface area contributed by atoms with Gasteiger partial charge in [-0.15, -0.1) is 0 Å². The average Bonchev–Trinajstić information content (AvgIpc) is 3.47. The van der Waals surface area contributed by atoms with Crippen molar-refractivity contribution in [2.45, 2.75) is 37.8 Å². The second-order valence-corrected chi connectivity index (χ2v) is 8.43. The lowest BCUT2D eigenvalue weighted by Gasteiger charge is -2.27. The molecule has 1 heterocycles. The third-order valence-electron chi connectivity index (χ3n) is 6.29. The summed E-state index contributed by atoms with van der Waals surface area (Å²) in [7, 11) is 0. The molecule has 0 radical (unpaired) electrons. The molecule has 3 aromatic rings. The number of hydrogen-bond donors (Lipinski definition) is 2. The Morgan fingerprint density at radius 1 is 1.20 bits per heavy atom. The van der Waals surface area contributed by atoms with E-state index in [4.69, 9.17) is 4.74 Å². The normalized spacial score (nSPS) is 19.2. The predicted octanol–water partition coefficient (Wildman–Crippen LogP) is 4.45. The molecule has 3 aromatic carbocycles. The molecule has 4 nitrogen and oxygen atoms in total. The van der Waals surface area contributed by atoms with Crippen LogP contribution in [-0.4, -0.2) is 25.1 Å². The molecule has 1 saturated carbocycles. The molecule has 1 amide bonds. The first-order valence-corrected chi connectivity index (χ1v) is 10.5. The van der Waals surface area contributed by atoms with Gasteiger partial charge in [0.2, 0.25) is 0 Å². The predicted molar refractivity (Wildman–Crippen MR) is 115 cm³/mol. The van der Waals surface area contributed by atoms with E-state index in [9.17, 15) is 9.18 Å². The monoisotopic (exact) mass is 404 g/mol. The van der Waals surface area contributed by atoms with Gasteiger partial charge in [0.1, 0.15) is 18.2 Å². The Kier molecular flexibility index (Phi) is 4.70. The standard InChI is InChI=1S/C25H25FN2O2/c1-16-5-7-20(30-15-19-9-12-27-19)14-22(16)24(29)28-25(10-11-25)23-4-2-3-17-13-18(26)6-8-21(17)23/h2-8,13-14,19,27H,9-12,15H2,1H3,(H,28,29)/t19-/m0/s1. The zero-order chi connectivity index (χ0) is 20.7. The van der Waals surface area contributed by atoms with Gasteiger partial charge in [0, 0.05) is 11.6 Å². The molecule has 0 unspecified atom stereocenters. The van der Waals surface area contributed by atoms with E-state index in [2.05, 4.69) is 10.6 Å². The number of carbonyl (C=O) groups is 1. The van der Waals surface area contributed by atoms with Crippen LogP contribution >= 0.6 is 0 Å². The first-order valence-electron chi connectivity index (χ1n) is 10.5. The van der Waals surface area contributed by atoms with Crippen molar-refractivity contribution >= 4 is 16.7 Å². The van der Waals surface area contributed by atoms with Crippen molar-refractivity contribution < 1.29 is 13.9 Å². The van der Waals surface area contributed by atoms with Crippen LogP contribution in [0.1, 0.15) is 40.7 Å².